The minimum Gasteiger partial charge on any atom is -0.372 e. The molecule has 0 saturated carbocycles. The van der Waals surface area contributed by atoms with Crippen LogP contribution in [-0.2, 0) is 11.2 Å². The van der Waals surface area contributed by atoms with Crippen LogP contribution in [0.1, 0.15) is 25.1 Å². The third-order valence-corrected chi connectivity index (χ3v) is 4.49. The summed E-state index contributed by atoms with van der Waals surface area (Å²) in [4.78, 5) is 6.98. The molecule has 1 aliphatic heterocycles. The highest BCUT2D eigenvalue weighted by Gasteiger charge is 2.24. The normalized spacial score (nSPS) is 27.1. The smallest absolute Gasteiger partial charge is 0.0726 e. The van der Waals surface area contributed by atoms with E-state index in [0.717, 1.165) is 19.5 Å². The van der Waals surface area contributed by atoms with Crippen LogP contribution in [0.5, 0.6) is 0 Å². The summed E-state index contributed by atoms with van der Waals surface area (Å²) in [7, 11) is 0. The van der Waals surface area contributed by atoms with E-state index in [-0.39, 0.29) is 12.2 Å². The third kappa shape index (κ3) is 2.28. The van der Waals surface area contributed by atoms with Gasteiger partial charge in [0, 0.05) is 28.7 Å². The molecule has 0 bridgehead atoms. The Morgan fingerprint density at radius 3 is 2.78 bits per heavy atom. The fourth-order valence-electron chi connectivity index (χ4n) is 2.71. The van der Waals surface area contributed by atoms with Crippen LogP contribution in [0.15, 0.2) is 18.3 Å². The van der Waals surface area contributed by atoms with Gasteiger partial charge < -0.3 is 9.64 Å². The highest BCUT2D eigenvalue weighted by molar-refractivity contribution is 14.1. The van der Waals surface area contributed by atoms with Crippen molar-refractivity contribution in [3.8, 4) is 0 Å². The van der Waals surface area contributed by atoms with Gasteiger partial charge in [-0.15, -0.1) is 0 Å². The van der Waals surface area contributed by atoms with E-state index in [1.54, 1.807) is 0 Å². The standard InChI is InChI=1S/C14H17IN2O/c1-9-7-17(8-10(2)18-9)11-5-12-13(15)3-4-14(12)16-6-11/h3,5-6,9-10H,4,7-8H2,1-2H3/t9-,10-/m1/s1. The topological polar surface area (TPSA) is 25.4 Å². The van der Waals surface area contributed by atoms with Crippen molar-refractivity contribution in [2.45, 2.75) is 32.5 Å². The molecule has 1 aliphatic carbocycles. The molecule has 1 aromatic rings. The van der Waals surface area contributed by atoms with Crippen molar-refractivity contribution < 1.29 is 4.74 Å². The SMILES string of the molecule is C[C@@H]1CN(c2cnc3c(c2)C(I)=CC3)C[C@@H](C)O1. The molecular formula is C14H17IN2O. The summed E-state index contributed by atoms with van der Waals surface area (Å²) in [6.07, 6.45) is 5.80. The van der Waals surface area contributed by atoms with Gasteiger partial charge in [0.2, 0.25) is 0 Å². The fraction of sp³-hybridized carbons (Fsp3) is 0.500. The lowest BCUT2D eigenvalue weighted by Crippen LogP contribution is -2.45. The first-order chi connectivity index (χ1) is 8.63. The van der Waals surface area contributed by atoms with Crippen LogP contribution in [0.4, 0.5) is 5.69 Å². The number of halogens is 1. The molecule has 4 heteroatoms. The van der Waals surface area contributed by atoms with Crippen LogP contribution in [0.2, 0.25) is 0 Å². The molecule has 0 radical (unpaired) electrons. The van der Waals surface area contributed by atoms with E-state index in [0.29, 0.717) is 0 Å². The molecule has 0 spiro atoms. The van der Waals surface area contributed by atoms with Crippen LogP contribution >= 0.6 is 22.6 Å². The molecule has 2 atom stereocenters. The number of hydrogen-bond donors (Lipinski definition) is 0. The van der Waals surface area contributed by atoms with Crippen LogP contribution < -0.4 is 4.90 Å². The molecule has 0 unspecified atom stereocenters. The van der Waals surface area contributed by atoms with Crippen LogP contribution in [0.25, 0.3) is 3.58 Å². The average molecular weight is 356 g/mol. The molecule has 1 aromatic heterocycles. The Hall–Kier alpha value is -0.620. The summed E-state index contributed by atoms with van der Waals surface area (Å²) in [5, 5.41) is 0. The van der Waals surface area contributed by atoms with Gasteiger partial charge in [0.25, 0.3) is 0 Å². The first-order valence-corrected chi connectivity index (χ1v) is 7.46. The van der Waals surface area contributed by atoms with E-state index in [1.807, 2.05) is 6.20 Å². The molecule has 2 heterocycles. The average Bonchev–Trinajstić information content (AvgIpc) is 2.69. The second kappa shape index (κ2) is 4.81. The minimum absolute atomic E-state index is 0.289. The van der Waals surface area contributed by atoms with E-state index >= 15 is 0 Å². The number of morpholine rings is 1. The Bertz CT molecular complexity index is 491. The van der Waals surface area contributed by atoms with Crippen molar-refractivity contribution in [1.82, 2.24) is 4.98 Å². The quantitative estimate of drug-likeness (QED) is 0.724. The van der Waals surface area contributed by atoms with Crippen molar-refractivity contribution in [3.63, 3.8) is 0 Å². The van der Waals surface area contributed by atoms with E-state index in [1.165, 1.54) is 20.5 Å². The largest absolute Gasteiger partial charge is 0.372 e. The molecule has 18 heavy (non-hydrogen) atoms. The van der Waals surface area contributed by atoms with Gasteiger partial charge in [-0.3, -0.25) is 4.98 Å². The van der Waals surface area contributed by atoms with Gasteiger partial charge in [-0.05, 0) is 42.5 Å². The van der Waals surface area contributed by atoms with Gasteiger partial charge in [-0.25, -0.2) is 0 Å². The summed E-state index contributed by atoms with van der Waals surface area (Å²) in [5.74, 6) is 0. The number of nitrogens with zero attached hydrogens (tertiary/aromatic N) is 2. The number of fused-ring (bicyclic) bond motifs is 1. The van der Waals surface area contributed by atoms with Crippen molar-refractivity contribution in [2.24, 2.45) is 0 Å². The molecule has 1 saturated heterocycles. The van der Waals surface area contributed by atoms with Crippen LogP contribution in [0.3, 0.4) is 0 Å². The number of allylic oxidation sites excluding steroid dienone is 1. The highest BCUT2D eigenvalue weighted by Crippen LogP contribution is 2.33. The van der Waals surface area contributed by atoms with Gasteiger partial charge >= 0.3 is 0 Å². The number of pyridine rings is 1. The summed E-state index contributed by atoms with van der Waals surface area (Å²) in [6, 6.07) is 2.28. The van der Waals surface area contributed by atoms with Gasteiger partial charge in [0.1, 0.15) is 0 Å². The molecule has 96 valence electrons. The van der Waals surface area contributed by atoms with E-state index in [9.17, 15) is 0 Å². The van der Waals surface area contributed by atoms with Crippen molar-refractivity contribution in [3.05, 3.63) is 29.6 Å². The zero-order valence-electron chi connectivity index (χ0n) is 10.7. The zero-order valence-corrected chi connectivity index (χ0v) is 12.8. The monoisotopic (exact) mass is 356 g/mol. The number of rotatable bonds is 1. The Morgan fingerprint density at radius 2 is 2.06 bits per heavy atom. The molecular weight excluding hydrogens is 339 g/mol. The van der Waals surface area contributed by atoms with Crippen molar-refractivity contribution >= 4 is 31.9 Å². The number of anilines is 1. The molecule has 2 aliphatic rings. The molecule has 3 rings (SSSR count). The number of hydrogen-bond acceptors (Lipinski definition) is 3. The molecule has 1 fully saturated rings. The van der Waals surface area contributed by atoms with E-state index in [2.05, 4.69) is 58.5 Å². The molecule has 0 aromatic carbocycles. The van der Waals surface area contributed by atoms with Gasteiger partial charge in [-0.1, -0.05) is 6.08 Å². The predicted molar refractivity (Wildman–Crippen MR) is 82.2 cm³/mol. The van der Waals surface area contributed by atoms with Gasteiger partial charge in [0.05, 0.1) is 29.8 Å². The Balaban J connectivity index is 1.88. The van der Waals surface area contributed by atoms with Crippen LogP contribution in [-0.4, -0.2) is 30.3 Å². The summed E-state index contributed by atoms with van der Waals surface area (Å²) >= 11 is 2.40. The second-order valence-corrected chi connectivity index (χ2v) is 6.27. The summed E-state index contributed by atoms with van der Waals surface area (Å²) < 4.78 is 7.10. The summed E-state index contributed by atoms with van der Waals surface area (Å²) in [6.45, 7) is 6.16. The molecule has 0 N–H and O–H groups in total. The van der Waals surface area contributed by atoms with Crippen LogP contribution in [0, 0.1) is 0 Å². The molecule has 0 amide bonds. The fourth-order valence-corrected chi connectivity index (χ4v) is 3.40. The highest BCUT2D eigenvalue weighted by atomic mass is 127. The van der Waals surface area contributed by atoms with E-state index in [4.69, 9.17) is 4.74 Å². The molecule has 3 nitrogen and oxygen atoms in total. The minimum atomic E-state index is 0.289. The predicted octanol–water partition coefficient (Wildman–Crippen LogP) is 3.03. The van der Waals surface area contributed by atoms with E-state index < -0.39 is 0 Å². The first kappa shape index (κ1) is 12.4. The lowest BCUT2D eigenvalue weighted by atomic mass is 10.1. The Kier molecular flexibility index (Phi) is 3.32. The first-order valence-electron chi connectivity index (χ1n) is 6.39. The zero-order chi connectivity index (χ0) is 12.7. The number of ether oxygens (including phenoxy) is 1. The lowest BCUT2D eigenvalue weighted by Gasteiger charge is -2.36. The maximum atomic E-state index is 5.78. The van der Waals surface area contributed by atoms with Gasteiger partial charge in [0.15, 0.2) is 0 Å². The van der Waals surface area contributed by atoms with Crippen molar-refractivity contribution in [1.29, 1.82) is 0 Å². The Morgan fingerprint density at radius 1 is 1.33 bits per heavy atom. The second-order valence-electron chi connectivity index (χ2n) is 5.11. The maximum Gasteiger partial charge on any atom is 0.0726 e. The van der Waals surface area contributed by atoms with Gasteiger partial charge in [-0.2, -0.15) is 0 Å². The number of aromatic nitrogens is 1. The van der Waals surface area contributed by atoms with Crippen molar-refractivity contribution in [2.75, 3.05) is 18.0 Å². The third-order valence-electron chi connectivity index (χ3n) is 3.47. The lowest BCUT2D eigenvalue weighted by molar-refractivity contribution is -0.00523. The Labute approximate surface area is 121 Å². The summed E-state index contributed by atoms with van der Waals surface area (Å²) in [5.41, 5.74) is 3.73. The maximum absolute atomic E-state index is 5.78.